The number of nitro groups is 1. The first-order valence-electron chi connectivity index (χ1n) is 4.21. The van der Waals surface area contributed by atoms with Gasteiger partial charge in [-0.15, -0.1) is 0 Å². The van der Waals surface area contributed by atoms with Crippen LogP contribution in [0.2, 0.25) is 0 Å². The normalized spacial score (nSPS) is 13.8. The van der Waals surface area contributed by atoms with Gasteiger partial charge in [0, 0.05) is 13.5 Å². The molecule has 0 fully saturated rings. The molecule has 0 bridgehead atoms. The summed E-state index contributed by atoms with van der Waals surface area (Å²) in [6, 6.07) is -2.14. The number of alkyl halides is 3. The summed E-state index contributed by atoms with van der Waals surface area (Å²) in [6.07, 6.45) is -4.35. The summed E-state index contributed by atoms with van der Waals surface area (Å²) in [5.41, 5.74) is 4.29. The highest BCUT2D eigenvalue weighted by Crippen LogP contribution is 2.25. The highest BCUT2D eigenvalue weighted by molar-refractivity contribution is 5.33. The van der Waals surface area contributed by atoms with E-state index in [9.17, 15) is 23.3 Å². The molecule has 0 aliphatic heterocycles. The zero-order valence-electron chi connectivity index (χ0n) is 8.23. The Morgan fingerprint density at radius 3 is 2.69 bits per heavy atom. The highest BCUT2D eigenvalue weighted by atomic mass is 19.4. The SMILES string of the molecule is Cn1ncc([N+](=O)[O-])c1CC(N)C(F)(F)F. The van der Waals surface area contributed by atoms with Gasteiger partial charge in [0.15, 0.2) is 0 Å². The molecule has 1 heterocycles. The van der Waals surface area contributed by atoms with E-state index in [1.54, 1.807) is 0 Å². The Hall–Kier alpha value is -1.64. The first-order chi connectivity index (χ1) is 7.23. The number of nitrogens with two attached hydrogens (primary N) is 1. The Morgan fingerprint density at radius 1 is 1.69 bits per heavy atom. The number of hydrogen-bond donors (Lipinski definition) is 1. The average molecular weight is 238 g/mol. The Balaban J connectivity index is 2.97. The van der Waals surface area contributed by atoms with Crippen molar-refractivity contribution in [1.29, 1.82) is 0 Å². The van der Waals surface area contributed by atoms with E-state index < -0.39 is 29.2 Å². The van der Waals surface area contributed by atoms with Crippen molar-refractivity contribution in [2.24, 2.45) is 12.8 Å². The predicted molar refractivity (Wildman–Crippen MR) is 47.6 cm³/mol. The van der Waals surface area contributed by atoms with Crippen LogP contribution in [0.15, 0.2) is 6.20 Å². The number of nitrogens with zero attached hydrogens (tertiary/aromatic N) is 3. The Bertz CT molecular complexity index is 401. The van der Waals surface area contributed by atoms with Gasteiger partial charge in [-0.1, -0.05) is 0 Å². The predicted octanol–water partition coefficient (Wildman–Crippen LogP) is 0.760. The van der Waals surface area contributed by atoms with Gasteiger partial charge in [-0.3, -0.25) is 14.8 Å². The summed E-state index contributed by atoms with van der Waals surface area (Å²) in [5, 5.41) is 14.0. The van der Waals surface area contributed by atoms with Crippen LogP contribution >= 0.6 is 0 Å². The molecule has 1 aromatic heterocycles. The van der Waals surface area contributed by atoms with Crippen LogP contribution in [-0.2, 0) is 13.5 Å². The summed E-state index contributed by atoms with van der Waals surface area (Å²) in [5.74, 6) is 0. The molecule has 1 rings (SSSR count). The molecule has 1 atom stereocenters. The third-order valence-electron chi connectivity index (χ3n) is 2.07. The van der Waals surface area contributed by atoms with Gasteiger partial charge >= 0.3 is 11.9 Å². The molecule has 16 heavy (non-hydrogen) atoms. The first-order valence-corrected chi connectivity index (χ1v) is 4.21. The van der Waals surface area contributed by atoms with Gasteiger partial charge in [-0.05, 0) is 0 Å². The Kier molecular flexibility index (Phi) is 3.17. The van der Waals surface area contributed by atoms with Crippen molar-refractivity contribution >= 4 is 5.69 Å². The van der Waals surface area contributed by atoms with Crippen molar-refractivity contribution in [2.75, 3.05) is 0 Å². The molecule has 0 aliphatic carbocycles. The maximum atomic E-state index is 12.2. The fourth-order valence-electron chi connectivity index (χ4n) is 1.16. The van der Waals surface area contributed by atoms with Gasteiger partial charge in [-0.2, -0.15) is 18.3 Å². The minimum Gasteiger partial charge on any atom is -0.320 e. The number of halogens is 3. The van der Waals surface area contributed by atoms with Gasteiger partial charge in [0.1, 0.15) is 17.9 Å². The monoisotopic (exact) mass is 238 g/mol. The third-order valence-corrected chi connectivity index (χ3v) is 2.07. The molecule has 1 unspecified atom stereocenters. The van der Waals surface area contributed by atoms with Gasteiger partial charge < -0.3 is 5.73 Å². The van der Waals surface area contributed by atoms with Crippen LogP contribution in [0.4, 0.5) is 18.9 Å². The number of aromatic nitrogens is 2. The number of aryl methyl sites for hydroxylation is 1. The maximum absolute atomic E-state index is 12.2. The molecule has 6 nitrogen and oxygen atoms in total. The van der Waals surface area contributed by atoms with Gasteiger partial charge in [0.25, 0.3) is 0 Å². The Labute approximate surface area is 88.0 Å². The van der Waals surface area contributed by atoms with E-state index in [-0.39, 0.29) is 5.69 Å². The fourth-order valence-corrected chi connectivity index (χ4v) is 1.16. The highest BCUT2D eigenvalue weighted by Gasteiger charge is 2.38. The fraction of sp³-hybridized carbons (Fsp3) is 0.571. The summed E-state index contributed by atoms with van der Waals surface area (Å²) in [4.78, 5) is 9.71. The van der Waals surface area contributed by atoms with E-state index in [0.29, 0.717) is 0 Å². The summed E-state index contributed by atoms with van der Waals surface area (Å²) < 4.78 is 37.6. The van der Waals surface area contributed by atoms with Crippen molar-refractivity contribution in [3.63, 3.8) is 0 Å². The zero-order valence-corrected chi connectivity index (χ0v) is 8.23. The zero-order chi connectivity index (χ0) is 12.5. The van der Waals surface area contributed by atoms with Crippen molar-refractivity contribution in [1.82, 2.24) is 9.78 Å². The molecule has 1 aromatic rings. The van der Waals surface area contributed by atoms with Crippen molar-refractivity contribution in [2.45, 2.75) is 18.6 Å². The molecule has 0 aliphatic rings. The quantitative estimate of drug-likeness (QED) is 0.622. The lowest BCUT2D eigenvalue weighted by molar-refractivity contribution is -0.385. The molecular weight excluding hydrogens is 229 g/mol. The van der Waals surface area contributed by atoms with Gasteiger partial charge in [0.2, 0.25) is 0 Å². The second-order valence-electron chi connectivity index (χ2n) is 3.21. The molecule has 0 radical (unpaired) electrons. The van der Waals surface area contributed by atoms with Gasteiger partial charge in [0.05, 0.1) is 4.92 Å². The minimum atomic E-state index is -4.59. The van der Waals surface area contributed by atoms with Crippen LogP contribution in [0.3, 0.4) is 0 Å². The summed E-state index contributed by atoms with van der Waals surface area (Å²) >= 11 is 0. The van der Waals surface area contributed by atoms with Gasteiger partial charge in [-0.25, -0.2) is 0 Å². The van der Waals surface area contributed by atoms with E-state index in [4.69, 9.17) is 5.73 Å². The third kappa shape index (κ3) is 2.48. The molecule has 0 saturated carbocycles. The molecule has 0 amide bonds. The van der Waals surface area contributed by atoms with Crippen LogP contribution in [0, 0.1) is 10.1 Å². The largest absolute Gasteiger partial charge is 0.404 e. The molecule has 0 saturated heterocycles. The minimum absolute atomic E-state index is 0.144. The molecule has 90 valence electrons. The van der Waals surface area contributed by atoms with Crippen LogP contribution in [0.25, 0.3) is 0 Å². The summed E-state index contributed by atoms with van der Waals surface area (Å²) in [6.45, 7) is 0. The second kappa shape index (κ2) is 4.08. The Morgan fingerprint density at radius 2 is 2.25 bits per heavy atom. The molecule has 9 heteroatoms. The maximum Gasteiger partial charge on any atom is 0.404 e. The van der Waals surface area contributed by atoms with E-state index in [1.807, 2.05) is 0 Å². The van der Waals surface area contributed by atoms with Crippen molar-refractivity contribution in [3.05, 3.63) is 22.0 Å². The second-order valence-corrected chi connectivity index (χ2v) is 3.21. The lowest BCUT2D eigenvalue weighted by atomic mass is 10.1. The molecule has 0 aromatic carbocycles. The van der Waals surface area contributed by atoms with Crippen molar-refractivity contribution in [3.8, 4) is 0 Å². The lowest BCUT2D eigenvalue weighted by Gasteiger charge is -2.14. The van der Waals surface area contributed by atoms with Crippen LogP contribution in [0.1, 0.15) is 5.69 Å². The van der Waals surface area contributed by atoms with Crippen LogP contribution in [0.5, 0.6) is 0 Å². The van der Waals surface area contributed by atoms with Crippen molar-refractivity contribution < 1.29 is 18.1 Å². The van der Waals surface area contributed by atoms with Crippen LogP contribution < -0.4 is 5.73 Å². The van der Waals surface area contributed by atoms with E-state index in [1.165, 1.54) is 7.05 Å². The lowest BCUT2D eigenvalue weighted by Crippen LogP contribution is -2.39. The molecule has 0 spiro atoms. The number of rotatable bonds is 3. The standard InChI is InChI=1S/C7H9F3N4O2/c1-13-4(2-6(11)7(8,9)10)5(3-12-13)14(15)16/h3,6H,2,11H2,1H3. The van der Waals surface area contributed by atoms with Crippen LogP contribution in [-0.4, -0.2) is 26.9 Å². The van der Waals surface area contributed by atoms with E-state index in [2.05, 4.69) is 5.10 Å². The van der Waals surface area contributed by atoms with E-state index >= 15 is 0 Å². The smallest absolute Gasteiger partial charge is 0.320 e. The topological polar surface area (TPSA) is 87.0 Å². The molecular formula is C7H9F3N4O2. The number of hydrogen-bond acceptors (Lipinski definition) is 4. The van der Waals surface area contributed by atoms with E-state index in [0.717, 1.165) is 10.9 Å². The first kappa shape index (κ1) is 12.4. The molecule has 2 N–H and O–H groups in total. The average Bonchev–Trinajstić information content (AvgIpc) is 2.46. The summed E-state index contributed by atoms with van der Waals surface area (Å²) in [7, 11) is 1.32.